The van der Waals surface area contributed by atoms with Crippen molar-refractivity contribution in [3.63, 3.8) is 0 Å². The predicted molar refractivity (Wildman–Crippen MR) is 87.2 cm³/mol. The van der Waals surface area contributed by atoms with Gasteiger partial charge in [-0.2, -0.15) is 0 Å². The van der Waals surface area contributed by atoms with Gasteiger partial charge in [-0.05, 0) is 42.5 Å². The summed E-state index contributed by atoms with van der Waals surface area (Å²) in [5, 5.41) is 4.02. The van der Waals surface area contributed by atoms with E-state index in [2.05, 4.69) is 15.0 Å². The third-order valence-corrected chi connectivity index (χ3v) is 4.09. The summed E-state index contributed by atoms with van der Waals surface area (Å²) in [6.45, 7) is 0. The number of fused-ring (bicyclic) bond motifs is 1. The number of hydrogen-bond donors (Lipinski definition) is 1. The van der Waals surface area contributed by atoms with Crippen LogP contribution in [0.15, 0.2) is 42.5 Å². The highest BCUT2D eigenvalue weighted by atomic mass is 32.1. The van der Waals surface area contributed by atoms with Gasteiger partial charge in [0.2, 0.25) is 0 Å². The lowest BCUT2D eigenvalue weighted by Crippen LogP contribution is -2.00. The van der Waals surface area contributed by atoms with Gasteiger partial charge in [0.1, 0.15) is 5.75 Å². The molecule has 6 heteroatoms. The largest absolute Gasteiger partial charge is 0.497 e. The van der Waals surface area contributed by atoms with E-state index in [0.717, 1.165) is 26.8 Å². The summed E-state index contributed by atoms with van der Waals surface area (Å²) in [6, 6.07) is 12.8. The minimum atomic E-state index is -0.348. The minimum absolute atomic E-state index is 0.348. The Labute approximate surface area is 131 Å². The number of benzene rings is 2. The summed E-state index contributed by atoms with van der Waals surface area (Å²) in [5.41, 5.74) is 2.29. The van der Waals surface area contributed by atoms with E-state index < -0.39 is 0 Å². The second-order valence-electron chi connectivity index (χ2n) is 4.55. The summed E-state index contributed by atoms with van der Waals surface area (Å²) in [4.78, 5) is 15.9. The van der Waals surface area contributed by atoms with E-state index in [1.54, 1.807) is 30.6 Å². The molecule has 0 aliphatic carbocycles. The molecular formula is C16H14N2O3S. The summed E-state index contributed by atoms with van der Waals surface area (Å²) in [7, 11) is 3.01. The first-order valence-electron chi connectivity index (χ1n) is 6.59. The summed E-state index contributed by atoms with van der Waals surface area (Å²) >= 11 is 1.54. The first-order chi connectivity index (χ1) is 10.7. The molecular weight excluding hydrogens is 300 g/mol. The number of anilines is 2. The second kappa shape index (κ2) is 6.03. The fourth-order valence-electron chi connectivity index (χ4n) is 2.02. The van der Waals surface area contributed by atoms with Crippen LogP contribution in [0.1, 0.15) is 10.4 Å². The topological polar surface area (TPSA) is 60.5 Å². The van der Waals surface area contributed by atoms with Crippen molar-refractivity contribution in [3.8, 4) is 5.75 Å². The molecule has 0 spiro atoms. The highest BCUT2D eigenvalue weighted by molar-refractivity contribution is 7.22. The van der Waals surface area contributed by atoms with Crippen molar-refractivity contribution in [3.05, 3.63) is 48.0 Å². The molecule has 1 heterocycles. The summed E-state index contributed by atoms with van der Waals surface area (Å²) in [5.74, 6) is 0.462. The number of esters is 1. The lowest BCUT2D eigenvalue weighted by molar-refractivity contribution is 0.0601. The van der Waals surface area contributed by atoms with E-state index in [1.165, 1.54) is 7.11 Å². The predicted octanol–water partition coefficient (Wildman–Crippen LogP) is 3.84. The first kappa shape index (κ1) is 14.3. The van der Waals surface area contributed by atoms with Gasteiger partial charge in [0.25, 0.3) is 0 Å². The summed E-state index contributed by atoms with van der Waals surface area (Å²) in [6.07, 6.45) is 0. The molecule has 0 atom stereocenters. The number of rotatable bonds is 4. The fraction of sp³-hybridized carbons (Fsp3) is 0.125. The number of nitrogens with zero attached hydrogens (tertiary/aromatic N) is 1. The molecule has 112 valence electrons. The number of methoxy groups -OCH3 is 2. The molecule has 1 aromatic heterocycles. The number of hydrogen-bond acceptors (Lipinski definition) is 6. The number of aromatic nitrogens is 1. The van der Waals surface area contributed by atoms with E-state index in [9.17, 15) is 4.79 Å². The minimum Gasteiger partial charge on any atom is -0.497 e. The molecule has 3 rings (SSSR count). The Morgan fingerprint density at radius 3 is 2.59 bits per heavy atom. The maximum atomic E-state index is 11.4. The highest BCUT2D eigenvalue weighted by Gasteiger charge is 2.07. The van der Waals surface area contributed by atoms with E-state index >= 15 is 0 Å². The number of thiazole rings is 1. The van der Waals surface area contributed by atoms with Gasteiger partial charge in [-0.3, -0.25) is 0 Å². The molecule has 2 aromatic carbocycles. The van der Waals surface area contributed by atoms with Gasteiger partial charge >= 0.3 is 5.97 Å². The lowest BCUT2D eigenvalue weighted by atomic mass is 10.2. The van der Waals surface area contributed by atoms with Gasteiger partial charge < -0.3 is 14.8 Å². The van der Waals surface area contributed by atoms with Crippen molar-refractivity contribution in [2.75, 3.05) is 19.5 Å². The van der Waals surface area contributed by atoms with Crippen LogP contribution in [0.3, 0.4) is 0 Å². The van der Waals surface area contributed by atoms with Crippen LogP contribution < -0.4 is 10.1 Å². The lowest BCUT2D eigenvalue weighted by Gasteiger charge is -2.03. The SMILES string of the molecule is COC(=O)c1ccc(Nc2nc3ccc(OC)cc3s2)cc1. The number of carbonyl (C=O) groups excluding carboxylic acids is 1. The smallest absolute Gasteiger partial charge is 0.337 e. The van der Waals surface area contributed by atoms with E-state index in [4.69, 9.17) is 4.74 Å². The quantitative estimate of drug-likeness (QED) is 0.742. The van der Waals surface area contributed by atoms with Crippen molar-refractivity contribution >= 4 is 38.3 Å². The molecule has 0 radical (unpaired) electrons. The summed E-state index contributed by atoms with van der Waals surface area (Å²) < 4.78 is 10.9. The zero-order valence-corrected chi connectivity index (χ0v) is 12.9. The van der Waals surface area contributed by atoms with Crippen molar-refractivity contribution in [1.82, 2.24) is 4.98 Å². The zero-order chi connectivity index (χ0) is 15.5. The Morgan fingerprint density at radius 1 is 1.14 bits per heavy atom. The monoisotopic (exact) mass is 314 g/mol. The Bertz CT molecular complexity index is 812. The van der Waals surface area contributed by atoms with Crippen LogP contribution in [0.5, 0.6) is 5.75 Å². The number of carbonyl (C=O) groups is 1. The first-order valence-corrected chi connectivity index (χ1v) is 7.41. The normalized spacial score (nSPS) is 10.5. The maximum absolute atomic E-state index is 11.4. The molecule has 0 saturated heterocycles. The van der Waals surface area contributed by atoms with Crippen LogP contribution in [0.2, 0.25) is 0 Å². The second-order valence-corrected chi connectivity index (χ2v) is 5.58. The van der Waals surface area contributed by atoms with Crippen molar-refractivity contribution in [1.29, 1.82) is 0 Å². The van der Waals surface area contributed by atoms with Crippen molar-refractivity contribution in [2.24, 2.45) is 0 Å². The Morgan fingerprint density at radius 2 is 1.91 bits per heavy atom. The average molecular weight is 314 g/mol. The van der Waals surface area contributed by atoms with Crippen LogP contribution >= 0.6 is 11.3 Å². The molecule has 0 amide bonds. The molecule has 0 bridgehead atoms. The third kappa shape index (κ3) is 2.87. The van der Waals surface area contributed by atoms with Crippen LogP contribution in [0, 0.1) is 0 Å². The highest BCUT2D eigenvalue weighted by Crippen LogP contribution is 2.30. The Hall–Kier alpha value is -2.60. The van der Waals surface area contributed by atoms with Crippen LogP contribution in [0.4, 0.5) is 10.8 Å². The van der Waals surface area contributed by atoms with Crippen LogP contribution in [0.25, 0.3) is 10.2 Å². The van der Waals surface area contributed by atoms with Gasteiger partial charge in [-0.1, -0.05) is 11.3 Å². The van der Waals surface area contributed by atoms with E-state index in [1.807, 2.05) is 30.3 Å². The fourth-order valence-corrected chi connectivity index (χ4v) is 2.93. The standard InChI is InChI=1S/C16H14N2O3S/c1-20-12-7-8-13-14(9-12)22-16(18-13)17-11-5-3-10(4-6-11)15(19)21-2/h3-9H,1-2H3,(H,17,18). The maximum Gasteiger partial charge on any atom is 0.337 e. The van der Waals surface area contributed by atoms with Gasteiger partial charge in [-0.15, -0.1) is 0 Å². The van der Waals surface area contributed by atoms with Crippen molar-refractivity contribution < 1.29 is 14.3 Å². The van der Waals surface area contributed by atoms with E-state index in [-0.39, 0.29) is 5.97 Å². The van der Waals surface area contributed by atoms with Crippen molar-refractivity contribution in [2.45, 2.75) is 0 Å². The molecule has 0 unspecified atom stereocenters. The molecule has 22 heavy (non-hydrogen) atoms. The Kier molecular flexibility index (Phi) is 3.93. The van der Waals surface area contributed by atoms with Gasteiger partial charge in [0, 0.05) is 5.69 Å². The zero-order valence-electron chi connectivity index (χ0n) is 12.1. The third-order valence-electron chi connectivity index (χ3n) is 3.15. The van der Waals surface area contributed by atoms with E-state index in [0.29, 0.717) is 5.56 Å². The van der Waals surface area contributed by atoms with Gasteiger partial charge in [-0.25, -0.2) is 9.78 Å². The average Bonchev–Trinajstić information content (AvgIpc) is 2.95. The van der Waals surface area contributed by atoms with Crippen LogP contribution in [-0.2, 0) is 4.74 Å². The molecule has 3 aromatic rings. The molecule has 0 saturated carbocycles. The molecule has 1 N–H and O–H groups in total. The number of ether oxygens (including phenoxy) is 2. The molecule has 0 fully saturated rings. The molecule has 0 aliphatic heterocycles. The molecule has 5 nitrogen and oxygen atoms in total. The van der Waals surface area contributed by atoms with Gasteiger partial charge in [0.15, 0.2) is 5.13 Å². The van der Waals surface area contributed by atoms with Crippen LogP contribution in [-0.4, -0.2) is 25.2 Å². The van der Waals surface area contributed by atoms with Gasteiger partial charge in [0.05, 0.1) is 30.0 Å². The Balaban J connectivity index is 1.82. The molecule has 0 aliphatic rings. The number of nitrogens with one attached hydrogen (secondary N) is 1.